The van der Waals surface area contributed by atoms with Crippen LogP contribution in [0.25, 0.3) is 72.3 Å². The molecule has 0 spiro atoms. The second kappa shape index (κ2) is 19.4. The summed E-state index contributed by atoms with van der Waals surface area (Å²) in [6, 6.07) is 8.86. The molecular formula is C71H57N4OSi+. The van der Waals surface area contributed by atoms with E-state index in [0.717, 1.165) is 5.39 Å². The first-order valence-corrected chi connectivity index (χ1v) is 26.2. The number of pyridine rings is 1. The van der Waals surface area contributed by atoms with Crippen LogP contribution in [-0.4, -0.2) is 22.2 Å². The summed E-state index contributed by atoms with van der Waals surface area (Å²) in [7, 11) is -5.88. The fourth-order valence-corrected chi connectivity index (χ4v) is 14.2. The Bertz CT molecular complexity index is 5650. The third-order valence-corrected chi connectivity index (χ3v) is 17.7. The highest BCUT2D eigenvalue weighted by atomic mass is 28.3. The van der Waals surface area contributed by atoms with E-state index in [1.54, 1.807) is 114 Å². The van der Waals surface area contributed by atoms with E-state index >= 15 is 0 Å². The van der Waals surface area contributed by atoms with Crippen molar-refractivity contribution in [3.63, 3.8) is 0 Å². The predicted octanol–water partition coefficient (Wildman–Crippen LogP) is 14.5. The Kier molecular flexibility index (Phi) is 6.53. The van der Waals surface area contributed by atoms with Gasteiger partial charge in [-0.25, -0.2) is 4.98 Å². The van der Waals surface area contributed by atoms with Gasteiger partial charge in [0.25, 0.3) is 6.33 Å². The number of aryl methyl sites for hydroxylation is 1. The molecule has 3 aromatic heterocycles. The van der Waals surface area contributed by atoms with Gasteiger partial charge in [0.15, 0.2) is 19.1 Å². The molecule has 6 heteroatoms. The molecule has 0 N–H and O–H groups in total. The molecule has 0 radical (unpaired) electrons. The zero-order valence-electron chi connectivity index (χ0n) is 69.2. The lowest BCUT2D eigenvalue weighted by atomic mass is 9.85. The lowest BCUT2D eigenvalue weighted by molar-refractivity contribution is -0.567. The average molecular weight is 1040 g/mol. The van der Waals surface area contributed by atoms with E-state index in [1.165, 1.54) is 30.5 Å². The van der Waals surface area contributed by atoms with Crippen molar-refractivity contribution in [2.24, 2.45) is 0 Å². The van der Waals surface area contributed by atoms with Gasteiger partial charge >= 0.3 is 0 Å². The van der Waals surface area contributed by atoms with Crippen LogP contribution in [0.5, 0.6) is 11.5 Å². The predicted molar refractivity (Wildman–Crippen MR) is 321 cm³/mol. The lowest BCUT2D eigenvalue weighted by Crippen LogP contribution is -2.76. The Morgan fingerprint density at radius 2 is 1.14 bits per heavy atom. The minimum absolute atomic E-state index is 0.0155. The molecule has 0 bridgehead atoms. The number of hydrogen-bond donors (Lipinski definition) is 0. The standard InChI is InChI=1S/C71H57N4OSi/c1-50-44-69(72-48-62(50)52-26-12-6-13-27-52)75-64-38-21-20-36-60(64)61-42-41-56(47-66(61)75)76-55-29-22-28-54(46-55)73-49-74(65-43-40-53(45-67(65)73)51-24-10-5-11-25-51)70-63(71(2,3)4)37-23-39-68(70)77(57-30-14-7-15-31-57,58-32-16-8-17-33-58)59-34-18-9-19-35-59/h5-49H,1-4H3/q+1/i1D3,5D,6D,7D,8D,9D,10D,11D,12D,13D,14D,15D,16D,17D,18D,19D,24D,25D,26D,27D,30D,31D,32D,33D,34D,35D. The number of ether oxygens (including phenoxy) is 1. The first-order valence-electron chi connectivity index (χ1n) is 38.2. The third-order valence-electron chi connectivity index (χ3n) is 13.5. The van der Waals surface area contributed by atoms with E-state index < -0.39 is 187 Å². The van der Waals surface area contributed by atoms with Crippen LogP contribution in [0, 0.1) is 6.85 Å². The molecule has 13 aromatic rings. The number of fused-ring (bicyclic) bond motifs is 4. The van der Waals surface area contributed by atoms with Gasteiger partial charge in [-0.05, 0) is 105 Å². The molecule has 0 unspecified atom stereocenters. The van der Waals surface area contributed by atoms with Crippen molar-refractivity contribution in [2.45, 2.75) is 33.0 Å². The fraction of sp³-hybridized carbons (Fsp3) is 0.0704. The van der Waals surface area contributed by atoms with Gasteiger partial charge in [-0.3, -0.25) is 4.57 Å². The molecule has 0 aliphatic heterocycles. The number of hydrogen-bond acceptors (Lipinski definition) is 2. The number of imidazole rings is 1. The van der Waals surface area contributed by atoms with E-state index in [-0.39, 0.29) is 67.0 Å². The SMILES string of the molecule is [2H]c1c([2H])c([2H])c(-c2ccc3c(c2)n(-c2cccc(Oc4ccc5c6ccccc6n(-c6cc(C([2H])([2H])[2H])c(-c7c([2H])c([2H])c([2H])c([2H])c7[2H])cn6)c5c4)c2)c[n+]3-c2c(C(C)(C)C)cccc2[Si](c2c([2H])c([2H])c([2H])c([2H])c2[2H])(c2c([2H])c([2H])c([2H])c([2H])c2[2H])c2c([2H])c([2H])c([2H])c([2H])c2[2H])c([2H])c1[2H]. The van der Waals surface area contributed by atoms with Crippen LogP contribution in [0.2, 0.25) is 0 Å². The topological polar surface area (TPSA) is 35.9 Å². The number of rotatable bonds is 11. The highest BCUT2D eigenvalue weighted by molar-refractivity contribution is 7.20. The Morgan fingerprint density at radius 1 is 0.532 bits per heavy atom. The summed E-state index contributed by atoms with van der Waals surface area (Å²) < 4.78 is 266. The molecule has 0 fully saturated rings. The number of aromatic nitrogens is 4. The molecule has 0 atom stereocenters. The summed E-state index contributed by atoms with van der Waals surface area (Å²) in [4.78, 5) is 4.70. The summed E-state index contributed by atoms with van der Waals surface area (Å²) in [5.41, 5.74) is 0.0602. The highest BCUT2D eigenvalue weighted by Gasteiger charge is 2.46. The van der Waals surface area contributed by atoms with E-state index in [2.05, 4.69) is 0 Å². The summed E-state index contributed by atoms with van der Waals surface area (Å²) >= 11 is 0. The van der Waals surface area contributed by atoms with Crippen molar-refractivity contribution >= 4 is 61.7 Å². The minimum atomic E-state index is -5.88. The van der Waals surface area contributed by atoms with Gasteiger partial charge in [-0.2, -0.15) is 9.13 Å². The van der Waals surface area contributed by atoms with Crippen LogP contribution < -0.4 is 30.1 Å². The molecule has 370 valence electrons. The van der Waals surface area contributed by atoms with Crippen molar-refractivity contribution in [3.05, 3.63) is 284 Å². The summed E-state index contributed by atoms with van der Waals surface area (Å²) in [6.07, 6.45) is 2.73. The number of benzene rings is 10. The highest BCUT2D eigenvalue weighted by Crippen LogP contribution is 2.37. The number of nitrogens with zero attached hydrogens (tertiary/aromatic N) is 4. The maximum absolute atomic E-state index is 9.92. The van der Waals surface area contributed by atoms with Crippen LogP contribution in [0.15, 0.2) is 273 Å². The van der Waals surface area contributed by atoms with Crippen LogP contribution in [0.4, 0.5) is 0 Å². The van der Waals surface area contributed by atoms with Gasteiger partial charge in [0.1, 0.15) is 28.7 Å². The Morgan fingerprint density at radius 3 is 1.81 bits per heavy atom. The minimum Gasteiger partial charge on any atom is -0.457 e. The van der Waals surface area contributed by atoms with E-state index in [4.69, 9.17) is 31.7 Å². The summed E-state index contributed by atoms with van der Waals surface area (Å²) in [6.45, 7) is 2.52. The van der Waals surface area contributed by atoms with Crippen molar-refractivity contribution in [1.82, 2.24) is 14.1 Å². The largest absolute Gasteiger partial charge is 0.457 e. The first-order chi connectivity index (χ1) is 49.3. The van der Waals surface area contributed by atoms with Crippen LogP contribution >= 0.6 is 0 Å². The zero-order valence-corrected chi connectivity index (χ0v) is 42.2. The molecule has 0 saturated carbocycles. The van der Waals surface area contributed by atoms with E-state index in [0.29, 0.717) is 27.7 Å². The van der Waals surface area contributed by atoms with Crippen molar-refractivity contribution in [2.75, 3.05) is 0 Å². The van der Waals surface area contributed by atoms with Gasteiger partial charge in [0.05, 0.1) is 45.3 Å². The van der Waals surface area contributed by atoms with Gasteiger partial charge in [-0.15, -0.1) is 0 Å². The van der Waals surface area contributed by atoms with Crippen molar-refractivity contribution in [3.8, 4) is 50.9 Å². The van der Waals surface area contributed by atoms with Crippen LogP contribution in [0.3, 0.4) is 0 Å². The van der Waals surface area contributed by atoms with Crippen LogP contribution in [-0.2, 0) is 5.41 Å². The molecule has 10 aromatic carbocycles. The van der Waals surface area contributed by atoms with Gasteiger partial charge < -0.3 is 4.74 Å². The molecule has 0 amide bonds. The molecule has 13 rings (SSSR count). The normalized spacial score (nSPS) is 17.2. The van der Waals surface area contributed by atoms with Gasteiger partial charge in [-0.1, -0.05) is 214 Å². The molecular weight excluding hydrogens is 953 g/mol. The quantitative estimate of drug-likeness (QED) is 0.0735. The van der Waals surface area contributed by atoms with Crippen molar-refractivity contribution in [1.29, 1.82) is 0 Å². The monoisotopic (exact) mass is 1040 g/mol. The van der Waals surface area contributed by atoms with E-state index in [9.17, 15) is 16.4 Å². The number of para-hydroxylation sites is 2. The smallest absolute Gasteiger partial charge is 0.255 e. The second-order valence-electron chi connectivity index (χ2n) is 19.0. The molecule has 0 aliphatic rings. The second-order valence-corrected chi connectivity index (χ2v) is 22.5. The average Bonchev–Trinajstić information content (AvgIpc) is 0.734. The summed E-state index contributed by atoms with van der Waals surface area (Å²) in [5, 5.41) is -0.982. The zero-order chi connectivity index (χ0) is 76.3. The lowest BCUT2D eigenvalue weighted by Gasteiger charge is -2.36. The Hall–Kier alpha value is -9.36. The first kappa shape index (κ1) is 25.9. The molecule has 77 heavy (non-hydrogen) atoms. The Balaban J connectivity index is 1.10. The van der Waals surface area contributed by atoms with E-state index in [1.807, 2.05) is 12.1 Å². The Labute approximate surface area is 490 Å². The molecule has 0 saturated heterocycles. The van der Waals surface area contributed by atoms with Gasteiger partial charge in [0, 0.05) is 49.5 Å². The third kappa shape index (κ3) is 8.35. The van der Waals surface area contributed by atoms with Crippen molar-refractivity contribution < 1.29 is 47.7 Å². The van der Waals surface area contributed by atoms with Crippen LogP contribution in [0.1, 0.15) is 70.3 Å². The molecule has 3 heterocycles. The summed E-state index contributed by atoms with van der Waals surface area (Å²) in [5.74, 6) is 0.495. The molecule has 5 nitrogen and oxygen atoms in total. The maximum Gasteiger partial charge on any atom is 0.255 e. The fourth-order valence-electron chi connectivity index (χ4n) is 10.1. The maximum atomic E-state index is 9.92. The van der Waals surface area contributed by atoms with Gasteiger partial charge in [0.2, 0.25) is 0 Å². The molecule has 0 aliphatic carbocycles.